The highest BCUT2D eigenvalue weighted by Gasteiger charge is 2.15. The second-order valence-corrected chi connectivity index (χ2v) is 6.29. The predicted octanol–water partition coefficient (Wildman–Crippen LogP) is 4.44. The molecule has 3 aromatic rings. The fourth-order valence-electron chi connectivity index (χ4n) is 2.37. The molecule has 0 bridgehead atoms. The Bertz CT molecular complexity index is 1070. The van der Waals surface area contributed by atoms with Crippen LogP contribution in [0.15, 0.2) is 52.3 Å². The molecule has 2 aromatic carbocycles. The van der Waals surface area contributed by atoms with E-state index >= 15 is 0 Å². The molecule has 1 aromatic heterocycles. The van der Waals surface area contributed by atoms with Gasteiger partial charge >= 0.3 is 0 Å². The van der Waals surface area contributed by atoms with Crippen molar-refractivity contribution >= 4 is 40.8 Å². The molecule has 132 valence electrons. The number of hydrogen-bond acceptors (Lipinski definition) is 4. The Kier molecular flexibility index (Phi) is 4.92. The van der Waals surface area contributed by atoms with Crippen LogP contribution in [-0.2, 0) is 0 Å². The summed E-state index contributed by atoms with van der Waals surface area (Å²) in [6.45, 7) is 1.71. The van der Waals surface area contributed by atoms with Crippen molar-refractivity contribution in [2.24, 2.45) is 4.99 Å². The summed E-state index contributed by atoms with van der Waals surface area (Å²) in [7, 11) is 0. The van der Waals surface area contributed by atoms with Crippen LogP contribution in [-0.4, -0.2) is 20.9 Å². The first-order chi connectivity index (χ1) is 12.4. The highest BCUT2D eigenvalue weighted by Crippen LogP contribution is 2.30. The van der Waals surface area contributed by atoms with Crippen LogP contribution in [0.2, 0.25) is 10.0 Å². The number of benzene rings is 2. The van der Waals surface area contributed by atoms with E-state index in [1.807, 2.05) is 0 Å². The van der Waals surface area contributed by atoms with E-state index in [0.29, 0.717) is 22.0 Å². The van der Waals surface area contributed by atoms with E-state index < -0.39 is 4.92 Å². The summed E-state index contributed by atoms with van der Waals surface area (Å²) in [6.07, 6.45) is 1.30. The zero-order valence-corrected chi connectivity index (χ0v) is 15.0. The lowest BCUT2D eigenvalue weighted by atomic mass is 10.2. The molecule has 26 heavy (non-hydrogen) atoms. The molecule has 0 saturated heterocycles. The number of nitro benzene ring substituents is 1. The lowest BCUT2D eigenvalue weighted by Crippen LogP contribution is -2.17. The van der Waals surface area contributed by atoms with E-state index in [1.54, 1.807) is 31.2 Å². The Morgan fingerprint density at radius 3 is 2.46 bits per heavy atom. The lowest BCUT2D eigenvalue weighted by Gasteiger charge is -2.00. The summed E-state index contributed by atoms with van der Waals surface area (Å²) in [5.41, 5.74) is 1.02. The molecule has 0 spiro atoms. The van der Waals surface area contributed by atoms with Crippen molar-refractivity contribution in [1.29, 1.82) is 0 Å². The van der Waals surface area contributed by atoms with Gasteiger partial charge in [0.15, 0.2) is 0 Å². The van der Waals surface area contributed by atoms with Crippen molar-refractivity contribution in [2.45, 2.75) is 6.92 Å². The Morgan fingerprint density at radius 2 is 1.81 bits per heavy atom. The maximum absolute atomic E-state index is 12.6. The van der Waals surface area contributed by atoms with Crippen molar-refractivity contribution in [2.75, 3.05) is 0 Å². The predicted molar refractivity (Wildman–Crippen MR) is 101 cm³/mol. The van der Waals surface area contributed by atoms with E-state index in [2.05, 4.69) is 10.1 Å². The van der Waals surface area contributed by atoms with E-state index in [9.17, 15) is 14.9 Å². The molecule has 0 radical (unpaired) electrons. The van der Waals surface area contributed by atoms with Gasteiger partial charge in [-0.25, -0.2) is 9.67 Å². The van der Waals surface area contributed by atoms with Gasteiger partial charge in [-0.15, -0.1) is 0 Å². The zero-order chi connectivity index (χ0) is 18.8. The molecule has 1 N–H and O–H groups in total. The monoisotopic (exact) mass is 390 g/mol. The van der Waals surface area contributed by atoms with E-state index in [-0.39, 0.29) is 22.0 Å². The first-order valence-electron chi connectivity index (χ1n) is 7.42. The molecular weight excluding hydrogens is 379 g/mol. The number of aromatic nitrogens is 2. The van der Waals surface area contributed by atoms with Gasteiger partial charge in [-0.2, -0.15) is 0 Å². The number of hydrogen-bond donors (Lipinski definition) is 1. The summed E-state index contributed by atoms with van der Waals surface area (Å²) in [5.74, 6) is 0. The van der Waals surface area contributed by atoms with Crippen LogP contribution in [0.4, 0.5) is 11.4 Å². The molecule has 9 heteroatoms. The van der Waals surface area contributed by atoms with Gasteiger partial charge in [-0.05, 0) is 43.3 Å². The highest BCUT2D eigenvalue weighted by molar-refractivity contribution is 6.31. The van der Waals surface area contributed by atoms with Gasteiger partial charge in [0, 0.05) is 28.0 Å². The molecule has 0 unspecified atom stereocenters. The number of aromatic amines is 1. The van der Waals surface area contributed by atoms with Gasteiger partial charge < -0.3 is 0 Å². The van der Waals surface area contributed by atoms with Crippen LogP contribution in [0.25, 0.3) is 5.69 Å². The van der Waals surface area contributed by atoms with Crippen molar-refractivity contribution in [3.63, 3.8) is 0 Å². The van der Waals surface area contributed by atoms with Gasteiger partial charge in [0.25, 0.3) is 11.2 Å². The summed E-state index contributed by atoms with van der Waals surface area (Å²) in [5, 5.41) is 14.9. The maximum Gasteiger partial charge on any atom is 0.296 e. The number of H-pyrrole nitrogens is 1. The standard InChI is InChI=1S/C17H12Cl2N4O3/c1-10-14(9-20-15-7-4-12(19)8-16(15)23(25)26)17(24)22(21-10)13-5-2-11(18)3-6-13/h2-9,21H,1H3. The SMILES string of the molecule is Cc1[nH]n(-c2ccc(Cl)cc2)c(=O)c1C=Nc1ccc(Cl)cc1[N+](=O)[O-]. The second-order valence-electron chi connectivity index (χ2n) is 5.42. The smallest absolute Gasteiger partial charge is 0.295 e. The Hall–Kier alpha value is -2.90. The van der Waals surface area contributed by atoms with Crippen molar-refractivity contribution in [3.8, 4) is 5.69 Å². The minimum Gasteiger partial charge on any atom is -0.295 e. The van der Waals surface area contributed by atoms with Crippen LogP contribution in [0, 0.1) is 17.0 Å². The fourth-order valence-corrected chi connectivity index (χ4v) is 2.66. The summed E-state index contributed by atoms with van der Waals surface area (Å²) >= 11 is 11.6. The normalized spacial score (nSPS) is 11.2. The Labute approximate surface area is 157 Å². The Morgan fingerprint density at radius 1 is 1.15 bits per heavy atom. The van der Waals surface area contributed by atoms with E-state index in [0.717, 1.165) is 0 Å². The van der Waals surface area contributed by atoms with Crippen molar-refractivity contribution in [1.82, 2.24) is 9.78 Å². The summed E-state index contributed by atoms with van der Waals surface area (Å²) < 4.78 is 1.35. The third-order valence-corrected chi connectivity index (χ3v) is 4.16. The summed E-state index contributed by atoms with van der Waals surface area (Å²) in [6, 6.07) is 10.9. The molecule has 0 atom stereocenters. The molecule has 0 saturated carbocycles. The number of rotatable bonds is 4. The molecule has 3 rings (SSSR count). The quantitative estimate of drug-likeness (QED) is 0.405. The summed E-state index contributed by atoms with van der Waals surface area (Å²) in [4.78, 5) is 27.3. The highest BCUT2D eigenvalue weighted by atomic mass is 35.5. The van der Waals surface area contributed by atoms with Crippen LogP contribution in [0.1, 0.15) is 11.3 Å². The van der Waals surface area contributed by atoms with Crippen molar-refractivity contribution in [3.05, 3.63) is 84.2 Å². The van der Waals surface area contributed by atoms with Crippen LogP contribution in [0.5, 0.6) is 0 Å². The molecule has 1 heterocycles. The molecule has 0 fully saturated rings. The third-order valence-electron chi connectivity index (χ3n) is 3.67. The number of aryl methyl sites for hydroxylation is 1. The lowest BCUT2D eigenvalue weighted by molar-refractivity contribution is -0.384. The van der Waals surface area contributed by atoms with Crippen molar-refractivity contribution < 1.29 is 4.92 Å². The average molecular weight is 391 g/mol. The number of aliphatic imine (C=N–C) groups is 1. The molecule has 0 aliphatic rings. The molecule has 0 aliphatic heterocycles. The van der Waals surface area contributed by atoms with Gasteiger partial charge in [-0.1, -0.05) is 23.2 Å². The van der Waals surface area contributed by atoms with Gasteiger partial charge in [0.2, 0.25) is 0 Å². The van der Waals surface area contributed by atoms with Gasteiger partial charge in [-0.3, -0.25) is 20.0 Å². The van der Waals surface area contributed by atoms with E-state index in [1.165, 1.54) is 29.1 Å². The largest absolute Gasteiger partial charge is 0.296 e. The number of halogens is 2. The number of nitro groups is 1. The molecular formula is C17H12Cl2N4O3. The molecule has 7 nitrogen and oxygen atoms in total. The number of nitrogens with one attached hydrogen (secondary N) is 1. The minimum absolute atomic E-state index is 0.109. The Balaban J connectivity index is 2.02. The molecule has 0 aliphatic carbocycles. The first kappa shape index (κ1) is 17.9. The molecule has 0 amide bonds. The third kappa shape index (κ3) is 3.54. The topological polar surface area (TPSA) is 93.3 Å². The van der Waals surface area contributed by atoms with Crippen LogP contribution >= 0.6 is 23.2 Å². The minimum atomic E-state index is -0.575. The average Bonchev–Trinajstić information content (AvgIpc) is 2.89. The van der Waals surface area contributed by atoms with E-state index in [4.69, 9.17) is 23.2 Å². The van der Waals surface area contributed by atoms with Crippen LogP contribution < -0.4 is 5.56 Å². The fraction of sp³-hybridized carbons (Fsp3) is 0.0588. The van der Waals surface area contributed by atoms with Gasteiger partial charge in [0.05, 0.1) is 16.2 Å². The number of nitrogens with zero attached hydrogens (tertiary/aromatic N) is 3. The zero-order valence-electron chi connectivity index (χ0n) is 13.4. The van der Waals surface area contributed by atoms with Crippen LogP contribution in [0.3, 0.4) is 0 Å². The second kappa shape index (κ2) is 7.15. The van der Waals surface area contributed by atoms with Gasteiger partial charge in [0.1, 0.15) is 5.69 Å². The first-order valence-corrected chi connectivity index (χ1v) is 8.18. The maximum atomic E-state index is 12.6.